The summed E-state index contributed by atoms with van der Waals surface area (Å²) in [6, 6.07) is 14.9. The van der Waals surface area contributed by atoms with Gasteiger partial charge in [0, 0.05) is 42.6 Å². The lowest BCUT2D eigenvalue weighted by molar-refractivity contribution is -0.0553. The molecular formula is C27H32N2O4S. The van der Waals surface area contributed by atoms with E-state index in [4.69, 9.17) is 4.74 Å². The molecule has 2 aromatic rings. The molecule has 1 N–H and O–H groups in total. The first-order valence-corrected chi connectivity index (χ1v) is 13.6. The first-order valence-electron chi connectivity index (χ1n) is 12.1. The van der Waals surface area contributed by atoms with Crippen LogP contribution in [0.2, 0.25) is 0 Å². The number of benzene rings is 2. The quantitative estimate of drug-likeness (QED) is 0.666. The first kappa shape index (κ1) is 23.4. The molecule has 1 saturated carbocycles. The summed E-state index contributed by atoms with van der Waals surface area (Å²) >= 11 is 0. The van der Waals surface area contributed by atoms with E-state index in [1.165, 1.54) is 12.8 Å². The first-order chi connectivity index (χ1) is 16.5. The topological polar surface area (TPSA) is 70.1 Å². The van der Waals surface area contributed by atoms with Crippen LogP contribution in [-0.4, -0.2) is 68.2 Å². The Balaban J connectivity index is 1.38. The molecule has 7 heteroatoms. The Morgan fingerprint density at radius 2 is 1.74 bits per heavy atom. The van der Waals surface area contributed by atoms with Gasteiger partial charge >= 0.3 is 0 Å². The number of nitrogens with zero attached hydrogens (tertiary/aromatic N) is 2. The monoisotopic (exact) mass is 480 g/mol. The Morgan fingerprint density at radius 3 is 2.38 bits per heavy atom. The summed E-state index contributed by atoms with van der Waals surface area (Å²) in [5, 5.41) is 10.2. The number of sulfonamides is 1. The van der Waals surface area contributed by atoms with Crippen molar-refractivity contribution in [2.45, 2.75) is 48.6 Å². The van der Waals surface area contributed by atoms with E-state index in [-0.39, 0.29) is 29.5 Å². The van der Waals surface area contributed by atoms with Crippen molar-refractivity contribution in [3.8, 4) is 17.6 Å². The molecule has 1 aliphatic carbocycles. The third-order valence-corrected chi connectivity index (χ3v) is 9.20. The Morgan fingerprint density at radius 1 is 1.03 bits per heavy atom. The van der Waals surface area contributed by atoms with E-state index in [0.29, 0.717) is 24.8 Å². The molecule has 2 saturated heterocycles. The summed E-state index contributed by atoms with van der Waals surface area (Å²) in [6.45, 7) is 1.87. The highest BCUT2D eigenvalue weighted by atomic mass is 32.2. The molecule has 0 amide bonds. The van der Waals surface area contributed by atoms with E-state index in [1.807, 2.05) is 0 Å². The number of methoxy groups -OCH3 is 1. The highest BCUT2D eigenvalue weighted by molar-refractivity contribution is 7.89. The van der Waals surface area contributed by atoms with Crippen molar-refractivity contribution >= 4 is 10.0 Å². The van der Waals surface area contributed by atoms with E-state index >= 15 is 0 Å². The predicted octanol–water partition coefficient (Wildman–Crippen LogP) is 3.07. The number of aliphatic hydroxyl groups excluding tert-OH is 1. The highest BCUT2D eigenvalue weighted by Crippen LogP contribution is 2.42. The standard InChI is InChI=1S/C27H32N2O4S/c1-33-23-12-14-24(15-13-23)34(31,32)28-16-2-3-17-29-25(18-28)27(26(29)19-30)22-10-8-21(9-11-22)7-6-20-4-5-20/h8-15,20,25-27,30H,2-5,16-19H2,1H3/t25-,26+,27-/m0/s1. The Kier molecular flexibility index (Phi) is 6.67. The van der Waals surface area contributed by atoms with Gasteiger partial charge in [0.1, 0.15) is 5.75 Å². The van der Waals surface area contributed by atoms with Crippen molar-refractivity contribution < 1.29 is 18.3 Å². The summed E-state index contributed by atoms with van der Waals surface area (Å²) < 4.78 is 33.8. The van der Waals surface area contributed by atoms with Gasteiger partial charge in [-0.3, -0.25) is 4.90 Å². The second-order valence-corrected chi connectivity index (χ2v) is 11.4. The maximum atomic E-state index is 13.5. The van der Waals surface area contributed by atoms with E-state index in [0.717, 1.165) is 30.5 Å². The number of aliphatic hydroxyl groups is 1. The van der Waals surface area contributed by atoms with Crippen LogP contribution in [-0.2, 0) is 10.0 Å². The molecule has 6 nitrogen and oxygen atoms in total. The molecule has 0 aromatic heterocycles. The van der Waals surface area contributed by atoms with Crippen LogP contribution in [0.1, 0.15) is 42.7 Å². The maximum absolute atomic E-state index is 13.5. The molecule has 3 atom stereocenters. The second kappa shape index (κ2) is 9.71. The predicted molar refractivity (Wildman–Crippen MR) is 131 cm³/mol. The van der Waals surface area contributed by atoms with Gasteiger partial charge in [-0.05, 0) is 74.2 Å². The minimum Gasteiger partial charge on any atom is -0.497 e. The molecular weight excluding hydrogens is 448 g/mol. The van der Waals surface area contributed by atoms with Gasteiger partial charge in [-0.2, -0.15) is 4.31 Å². The number of fused-ring (bicyclic) bond motifs is 1. The zero-order valence-corrected chi connectivity index (χ0v) is 20.4. The summed E-state index contributed by atoms with van der Waals surface area (Å²) in [5.74, 6) is 7.83. The van der Waals surface area contributed by atoms with Crippen LogP contribution in [0.3, 0.4) is 0 Å². The van der Waals surface area contributed by atoms with Gasteiger partial charge in [-0.15, -0.1) is 0 Å². The largest absolute Gasteiger partial charge is 0.497 e. The number of hydrogen-bond donors (Lipinski definition) is 1. The van der Waals surface area contributed by atoms with Gasteiger partial charge in [0.25, 0.3) is 0 Å². The maximum Gasteiger partial charge on any atom is 0.243 e. The number of hydrogen-bond acceptors (Lipinski definition) is 5. The smallest absolute Gasteiger partial charge is 0.243 e. The lowest BCUT2D eigenvalue weighted by Gasteiger charge is -2.57. The van der Waals surface area contributed by atoms with Gasteiger partial charge in [0.2, 0.25) is 10.0 Å². The van der Waals surface area contributed by atoms with Crippen molar-refractivity contribution in [3.63, 3.8) is 0 Å². The molecule has 0 bridgehead atoms. The van der Waals surface area contributed by atoms with Crippen molar-refractivity contribution in [1.29, 1.82) is 0 Å². The van der Waals surface area contributed by atoms with Gasteiger partial charge < -0.3 is 9.84 Å². The van der Waals surface area contributed by atoms with Gasteiger partial charge in [0.05, 0.1) is 18.6 Å². The molecule has 0 unspecified atom stereocenters. The molecule has 5 rings (SSSR count). The lowest BCUT2D eigenvalue weighted by Crippen LogP contribution is -2.67. The average molecular weight is 481 g/mol. The zero-order chi connectivity index (χ0) is 23.7. The fourth-order valence-electron chi connectivity index (χ4n) is 5.23. The molecule has 3 fully saturated rings. The van der Waals surface area contributed by atoms with Crippen molar-refractivity contribution in [2.24, 2.45) is 5.92 Å². The molecule has 2 aromatic carbocycles. The van der Waals surface area contributed by atoms with E-state index < -0.39 is 10.0 Å². The molecule has 34 heavy (non-hydrogen) atoms. The van der Waals surface area contributed by atoms with Crippen molar-refractivity contribution in [1.82, 2.24) is 9.21 Å². The zero-order valence-electron chi connectivity index (χ0n) is 19.6. The second-order valence-electron chi connectivity index (χ2n) is 9.49. The molecule has 0 radical (unpaired) electrons. The molecule has 0 spiro atoms. The van der Waals surface area contributed by atoms with Crippen molar-refractivity contribution in [2.75, 3.05) is 33.4 Å². The minimum atomic E-state index is -3.62. The number of ether oxygens (including phenoxy) is 1. The minimum absolute atomic E-state index is 0.0111. The summed E-state index contributed by atoms with van der Waals surface area (Å²) in [4.78, 5) is 2.58. The highest BCUT2D eigenvalue weighted by Gasteiger charge is 2.50. The van der Waals surface area contributed by atoms with E-state index in [9.17, 15) is 13.5 Å². The Bertz CT molecular complexity index is 1160. The average Bonchev–Trinajstić information content (AvgIpc) is 3.67. The fraction of sp³-hybridized carbons (Fsp3) is 0.481. The summed E-state index contributed by atoms with van der Waals surface area (Å²) in [5.41, 5.74) is 2.15. The van der Waals surface area contributed by atoms with Crippen molar-refractivity contribution in [3.05, 3.63) is 59.7 Å². The fourth-order valence-corrected chi connectivity index (χ4v) is 6.72. The van der Waals surface area contributed by atoms with E-state index in [1.54, 1.807) is 35.7 Å². The Labute approximate surface area is 202 Å². The van der Waals surface area contributed by atoms with Gasteiger partial charge in [0.15, 0.2) is 0 Å². The van der Waals surface area contributed by atoms with Gasteiger partial charge in [-0.1, -0.05) is 24.0 Å². The molecule has 180 valence electrons. The van der Waals surface area contributed by atoms with Gasteiger partial charge in [-0.25, -0.2) is 8.42 Å². The van der Waals surface area contributed by atoms with Crippen LogP contribution < -0.4 is 4.74 Å². The van der Waals surface area contributed by atoms with E-state index in [2.05, 4.69) is 41.0 Å². The molecule has 3 aliphatic rings. The SMILES string of the molecule is COc1ccc(S(=O)(=O)N2CCCCN3[C@H](CO)[C@@H](c4ccc(C#CC5CC5)cc4)[C@@H]3C2)cc1. The van der Waals surface area contributed by atoms with Crippen LogP contribution in [0.15, 0.2) is 53.4 Å². The van der Waals surface area contributed by atoms with Crippen LogP contribution in [0.5, 0.6) is 5.75 Å². The van der Waals surface area contributed by atoms with Crippen LogP contribution in [0.4, 0.5) is 0 Å². The Hall–Kier alpha value is -2.37. The van der Waals surface area contributed by atoms with Crippen LogP contribution in [0, 0.1) is 17.8 Å². The lowest BCUT2D eigenvalue weighted by atomic mass is 9.74. The molecule has 2 heterocycles. The third kappa shape index (κ3) is 4.60. The third-order valence-electron chi connectivity index (χ3n) is 7.32. The molecule has 2 aliphatic heterocycles. The normalized spacial score (nSPS) is 25.8. The summed E-state index contributed by atoms with van der Waals surface area (Å²) in [7, 11) is -2.06. The summed E-state index contributed by atoms with van der Waals surface area (Å²) in [6.07, 6.45) is 4.12. The van der Waals surface area contributed by atoms with Crippen LogP contribution in [0.25, 0.3) is 0 Å². The van der Waals surface area contributed by atoms with Crippen LogP contribution >= 0.6 is 0 Å². The number of rotatable bonds is 5.